The predicted molar refractivity (Wildman–Crippen MR) is 138 cm³/mol. The number of rotatable bonds is 6. The molecular formula is C24H30FIN6O. The maximum atomic E-state index is 13.1. The van der Waals surface area contributed by atoms with Gasteiger partial charge in [0.1, 0.15) is 11.6 Å². The first-order valence-corrected chi connectivity index (χ1v) is 11.0. The van der Waals surface area contributed by atoms with Crippen molar-refractivity contribution < 1.29 is 9.13 Å². The molecule has 0 saturated carbocycles. The van der Waals surface area contributed by atoms with Gasteiger partial charge >= 0.3 is 0 Å². The number of hydrogen-bond acceptors (Lipinski definition) is 4. The zero-order valence-electron chi connectivity index (χ0n) is 18.9. The van der Waals surface area contributed by atoms with Gasteiger partial charge in [-0.1, -0.05) is 6.92 Å². The maximum Gasteiger partial charge on any atom is 0.219 e. The number of nitrogens with zero attached hydrogens (tertiary/aromatic N) is 5. The van der Waals surface area contributed by atoms with E-state index < -0.39 is 0 Å². The lowest BCUT2D eigenvalue weighted by atomic mass is 9.93. The Balaban J connectivity index is 0.00000306. The fourth-order valence-electron chi connectivity index (χ4n) is 3.91. The van der Waals surface area contributed by atoms with Gasteiger partial charge in [0.25, 0.3) is 0 Å². The third kappa shape index (κ3) is 6.66. The first-order valence-electron chi connectivity index (χ1n) is 11.0. The van der Waals surface area contributed by atoms with Crippen LogP contribution in [0.15, 0.2) is 66.3 Å². The molecule has 176 valence electrons. The lowest BCUT2D eigenvalue weighted by Crippen LogP contribution is -2.49. The summed E-state index contributed by atoms with van der Waals surface area (Å²) in [5.41, 5.74) is 0.990. The largest absolute Gasteiger partial charge is 0.439 e. The zero-order chi connectivity index (χ0) is 22.3. The van der Waals surface area contributed by atoms with E-state index in [-0.39, 0.29) is 29.8 Å². The number of likely N-dealkylation sites (tertiary alicyclic amines) is 1. The second kappa shape index (κ2) is 12.0. The fraction of sp³-hybridized carbons (Fsp3) is 0.375. The van der Waals surface area contributed by atoms with E-state index in [0.29, 0.717) is 30.1 Å². The van der Waals surface area contributed by atoms with Crippen LogP contribution in [-0.4, -0.2) is 45.0 Å². The number of piperidine rings is 1. The summed E-state index contributed by atoms with van der Waals surface area (Å²) in [7, 11) is 0. The van der Waals surface area contributed by atoms with Gasteiger partial charge in [0.05, 0.1) is 18.9 Å². The summed E-state index contributed by atoms with van der Waals surface area (Å²) in [4.78, 5) is 15.7. The molecule has 2 atom stereocenters. The van der Waals surface area contributed by atoms with Crippen molar-refractivity contribution in [3.8, 4) is 11.6 Å². The summed E-state index contributed by atoms with van der Waals surface area (Å²) in [5, 5.41) is 3.43. The molecule has 2 unspecified atom stereocenters. The number of imidazole rings is 1. The van der Waals surface area contributed by atoms with Gasteiger partial charge in [0, 0.05) is 44.3 Å². The molecule has 3 heterocycles. The summed E-state index contributed by atoms with van der Waals surface area (Å²) in [5.74, 6) is 2.19. The van der Waals surface area contributed by atoms with Crippen LogP contribution in [0.5, 0.6) is 11.6 Å². The third-order valence-corrected chi connectivity index (χ3v) is 5.71. The highest BCUT2D eigenvalue weighted by Crippen LogP contribution is 2.27. The van der Waals surface area contributed by atoms with E-state index in [1.807, 2.05) is 30.9 Å². The molecule has 0 spiro atoms. The molecule has 2 aromatic heterocycles. The highest BCUT2D eigenvalue weighted by molar-refractivity contribution is 14.0. The van der Waals surface area contributed by atoms with Gasteiger partial charge in [0.2, 0.25) is 5.88 Å². The summed E-state index contributed by atoms with van der Waals surface area (Å²) < 4.78 is 21.1. The average Bonchev–Trinajstić information content (AvgIpc) is 3.34. The van der Waals surface area contributed by atoms with E-state index in [1.165, 1.54) is 12.1 Å². The average molecular weight is 564 g/mol. The zero-order valence-corrected chi connectivity index (χ0v) is 21.2. The van der Waals surface area contributed by atoms with Crippen molar-refractivity contribution >= 4 is 29.9 Å². The number of halogens is 2. The van der Waals surface area contributed by atoms with Crippen molar-refractivity contribution in [3.05, 3.63) is 72.7 Å². The van der Waals surface area contributed by atoms with Gasteiger partial charge in [-0.25, -0.2) is 19.4 Å². The van der Waals surface area contributed by atoms with E-state index in [1.54, 1.807) is 18.3 Å². The van der Waals surface area contributed by atoms with E-state index in [0.717, 1.165) is 37.6 Å². The first kappa shape index (κ1) is 24.9. The van der Waals surface area contributed by atoms with E-state index in [2.05, 4.69) is 38.6 Å². The minimum absolute atomic E-state index is 0. The molecule has 1 aromatic carbocycles. The molecule has 0 bridgehead atoms. The number of nitrogens with one attached hydrogen (secondary N) is 1. The van der Waals surface area contributed by atoms with Crippen LogP contribution in [0.25, 0.3) is 0 Å². The van der Waals surface area contributed by atoms with Gasteiger partial charge < -0.3 is 19.5 Å². The minimum Gasteiger partial charge on any atom is -0.439 e. The molecule has 3 aromatic rings. The number of benzene rings is 1. The van der Waals surface area contributed by atoms with Gasteiger partial charge in [-0.2, -0.15) is 0 Å². The van der Waals surface area contributed by atoms with Crippen molar-refractivity contribution in [1.82, 2.24) is 24.8 Å². The monoisotopic (exact) mass is 564 g/mol. The van der Waals surface area contributed by atoms with Gasteiger partial charge in [0.15, 0.2) is 5.96 Å². The molecule has 1 aliphatic rings. The Morgan fingerprint density at radius 1 is 1.24 bits per heavy atom. The van der Waals surface area contributed by atoms with Crippen molar-refractivity contribution in [3.63, 3.8) is 0 Å². The molecule has 1 aliphatic heterocycles. The Kier molecular flexibility index (Phi) is 9.04. The Morgan fingerprint density at radius 2 is 2.06 bits per heavy atom. The predicted octanol–water partition coefficient (Wildman–Crippen LogP) is 4.88. The molecule has 0 radical (unpaired) electrons. The summed E-state index contributed by atoms with van der Waals surface area (Å²) >= 11 is 0. The number of pyridine rings is 1. The van der Waals surface area contributed by atoms with Crippen molar-refractivity contribution in [2.45, 2.75) is 32.9 Å². The van der Waals surface area contributed by atoms with Crippen LogP contribution in [0.1, 0.15) is 31.9 Å². The first-order chi connectivity index (χ1) is 15.6. The second-order valence-corrected chi connectivity index (χ2v) is 8.02. The Bertz CT molecular complexity index is 1030. The van der Waals surface area contributed by atoms with Crippen LogP contribution in [0, 0.1) is 11.7 Å². The SMILES string of the molecule is CCNC(=NCc1ccnc(Oc2ccc(F)cc2)c1)N1CCC(C)C(n2ccnc2)C1.I. The molecule has 1 N–H and O–H groups in total. The normalized spacial score (nSPS) is 18.5. The molecular weight excluding hydrogens is 534 g/mol. The van der Waals surface area contributed by atoms with E-state index >= 15 is 0 Å². The molecule has 1 saturated heterocycles. The van der Waals surface area contributed by atoms with Crippen LogP contribution in [0.2, 0.25) is 0 Å². The second-order valence-electron chi connectivity index (χ2n) is 8.02. The van der Waals surface area contributed by atoms with Crippen LogP contribution >= 0.6 is 24.0 Å². The van der Waals surface area contributed by atoms with Crippen molar-refractivity contribution in [2.75, 3.05) is 19.6 Å². The molecule has 7 nitrogen and oxygen atoms in total. The topological polar surface area (TPSA) is 67.6 Å². The summed E-state index contributed by atoms with van der Waals surface area (Å²) in [6.07, 6.45) is 8.56. The number of aliphatic imine (C=N–C) groups is 1. The molecule has 9 heteroatoms. The molecule has 33 heavy (non-hydrogen) atoms. The highest BCUT2D eigenvalue weighted by Gasteiger charge is 2.28. The summed E-state index contributed by atoms with van der Waals surface area (Å²) in [6.45, 7) is 7.54. The smallest absolute Gasteiger partial charge is 0.219 e. The van der Waals surface area contributed by atoms with Gasteiger partial charge in [-0.3, -0.25) is 0 Å². The number of hydrogen-bond donors (Lipinski definition) is 1. The molecule has 0 aliphatic carbocycles. The quantitative estimate of drug-likeness (QED) is 0.263. The van der Waals surface area contributed by atoms with E-state index in [4.69, 9.17) is 9.73 Å². The highest BCUT2D eigenvalue weighted by atomic mass is 127. The van der Waals surface area contributed by atoms with Crippen LogP contribution in [0.4, 0.5) is 4.39 Å². The number of ether oxygens (including phenoxy) is 1. The van der Waals surface area contributed by atoms with Gasteiger partial charge in [-0.05, 0) is 55.2 Å². The summed E-state index contributed by atoms with van der Waals surface area (Å²) in [6, 6.07) is 10.1. The lowest BCUT2D eigenvalue weighted by Gasteiger charge is -2.39. The fourth-order valence-corrected chi connectivity index (χ4v) is 3.91. The van der Waals surface area contributed by atoms with Crippen molar-refractivity contribution in [2.24, 2.45) is 10.9 Å². The maximum absolute atomic E-state index is 13.1. The lowest BCUT2D eigenvalue weighted by molar-refractivity contribution is 0.189. The third-order valence-electron chi connectivity index (χ3n) is 5.71. The van der Waals surface area contributed by atoms with Crippen LogP contribution in [-0.2, 0) is 6.54 Å². The minimum atomic E-state index is -0.299. The van der Waals surface area contributed by atoms with E-state index in [9.17, 15) is 4.39 Å². The Morgan fingerprint density at radius 3 is 2.79 bits per heavy atom. The molecule has 0 amide bonds. The Hall–Kier alpha value is -2.69. The van der Waals surface area contributed by atoms with Crippen LogP contribution in [0.3, 0.4) is 0 Å². The number of aromatic nitrogens is 3. The Labute approximate surface area is 211 Å². The van der Waals surface area contributed by atoms with Crippen molar-refractivity contribution in [1.29, 1.82) is 0 Å². The standard InChI is InChI=1S/C24H29FN6O.HI/c1-3-27-24(30-12-9-18(2)22(16-30)31-13-11-26-17-31)29-15-19-8-10-28-23(14-19)32-21-6-4-20(25)5-7-21;/h4-8,10-11,13-14,17-18,22H,3,9,12,15-16H2,1-2H3,(H,27,29);1H. The molecule has 1 fully saturated rings. The molecule has 4 rings (SSSR count). The van der Waals surface area contributed by atoms with Crippen LogP contribution < -0.4 is 10.1 Å². The number of guanidine groups is 1. The van der Waals surface area contributed by atoms with Gasteiger partial charge in [-0.15, -0.1) is 24.0 Å².